The summed E-state index contributed by atoms with van der Waals surface area (Å²) in [7, 11) is 3.02. The molecule has 9 heteroatoms. The lowest BCUT2D eigenvalue weighted by molar-refractivity contribution is 0.0601. The summed E-state index contributed by atoms with van der Waals surface area (Å²) in [5, 5.41) is 4.29. The monoisotopic (exact) mass is 520 g/mol. The van der Waals surface area contributed by atoms with E-state index in [0.717, 1.165) is 22.3 Å². The van der Waals surface area contributed by atoms with E-state index >= 15 is 0 Å². The van der Waals surface area contributed by atoms with Gasteiger partial charge in [-0.15, -0.1) is 0 Å². The number of methoxy groups -OCH3 is 1. The predicted molar refractivity (Wildman–Crippen MR) is 143 cm³/mol. The van der Waals surface area contributed by atoms with Crippen molar-refractivity contribution in [3.05, 3.63) is 97.5 Å². The quantitative estimate of drug-likeness (QED) is 0.349. The number of halogens is 2. The summed E-state index contributed by atoms with van der Waals surface area (Å²) in [6, 6.07) is 13.2. The summed E-state index contributed by atoms with van der Waals surface area (Å²) in [6.07, 6.45) is 0. The van der Waals surface area contributed by atoms with E-state index in [1.54, 1.807) is 35.9 Å². The molecule has 1 aliphatic rings. The molecule has 0 saturated carbocycles. The zero-order chi connectivity index (χ0) is 26.4. The molecule has 1 aromatic heterocycles. The Balaban J connectivity index is 1.59. The topological polar surface area (TPSA) is 76.5 Å². The molecular weight excluding hydrogens is 495 g/mol. The molecule has 1 unspecified atom stereocenters. The Hall–Kier alpha value is -3.91. The largest absolute Gasteiger partial charge is 0.465 e. The van der Waals surface area contributed by atoms with Gasteiger partial charge < -0.3 is 15.0 Å². The molecule has 3 aromatic carbocycles. The van der Waals surface area contributed by atoms with Crippen molar-refractivity contribution in [2.75, 3.05) is 17.3 Å². The van der Waals surface area contributed by atoms with Crippen LogP contribution in [0.3, 0.4) is 0 Å². The van der Waals surface area contributed by atoms with Gasteiger partial charge in [-0.25, -0.2) is 14.2 Å². The number of hydrogen-bond acceptors (Lipinski definition) is 6. The van der Waals surface area contributed by atoms with Crippen LogP contribution in [0.15, 0.2) is 53.3 Å². The fraction of sp³-hybridized carbons (Fsp3) is 0.250. The van der Waals surface area contributed by atoms with Gasteiger partial charge in [0.2, 0.25) is 5.95 Å². The minimum absolute atomic E-state index is 0.166. The third-order valence-electron chi connectivity index (χ3n) is 6.73. The van der Waals surface area contributed by atoms with E-state index in [0.29, 0.717) is 46.2 Å². The summed E-state index contributed by atoms with van der Waals surface area (Å²) in [5.41, 5.74) is 4.88. The van der Waals surface area contributed by atoms with Crippen LogP contribution in [0.25, 0.3) is 10.9 Å². The number of fused-ring (bicyclic) bond motifs is 2. The number of rotatable bonds is 5. The van der Waals surface area contributed by atoms with Gasteiger partial charge in [-0.3, -0.25) is 9.36 Å². The highest BCUT2D eigenvalue weighted by molar-refractivity contribution is 6.31. The molecule has 190 valence electrons. The van der Waals surface area contributed by atoms with Crippen molar-refractivity contribution in [1.29, 1.82) is 0 Å². The second-order valence-electron chi connectivity index (χ2n) is 9.34. The molecule has 0 spiro atoms. The van der Waals surface area contributed by atoms with E-state index in [9.17, 15) is 14.0 Å². The van der Waals surface area contributed by atoms with Crippen LogP contribution >= 0.6 is 11.6 Å². The minimum atomic E-state index is -0.509. The van der Waals surface area contributed by atoms with Gasteiger partial charge in [0.25, 0.3) is 5.56 Å². The first-order chi connectivity index (χ1) is 17.7. The molecule has 0 radical (unpaired) electrons. The molecule has 0 bridgehead atoms. The van der Waals surface area contributed by atoms with E-state index in [2.05, 4.69) is 5.32 Å². The molecule has 1 aliphatic heterocycles. The number of nitrogens with zero attached hydrogens (tertiary/aromatic N) is 3. The van der Waals surface area contributed by atoms with Crippen molar-refractivity contribution < 1.29 is 13.9 Å². The molecule has 37 heavy (non-hydrogen) atoms. The second kappa shape index (κ2) is 9.52. The highest BCUT2D eigenvalue weighted by Gasteiger charge is 2.25. The SMILES string of the molecule is COC(=O)c1cc(Cl)ccc1NC(C)c1cc(C)cc2c(=O)n(C)c(N3Cc4ccc(F)cc4C3)nc12. The first-order valence-electron chi connectivity index (χ1n) is 11.8. The highest BCUT2D eigenvalue weighted by Crippen LogP contribution is 2.32. The fourth-order valence-electron chi connectivity index (χ4n) is 4.89. The number of anilines is 2. The lowest BCUT2D eigenvalue weighted by Gasteiger charge is -2.23. The van der Waals surface area contributed by atoms with E-state index in [1.165, 1.54) is 19.2 Å². The number of ether oxygens (including phenoxy) is 1. The molecule has 4 aromatic rings. The van der Waals surface area contributed by atoms with E-state index in [1.807, 2.05) is 30.9 Å². The molecule has 0 amide bonds. The Bertz CT molecular complexity index is 1620. The number of aromatic nitrogens is 2. The molecule has 0 fully saturated rings. The number of esters is 1. The van der Waals surface area contributed by atoms with E-state index in [-0.39, 0.29) is 17.4 Å². The van der Waals surface area contributed by atoms with Crippen molar-refractivity contribution in [2.45, 2.75) is 33.0 Å². The summed E-state index contributed by atoms with van der Waals surface area (Å²) in [6.45, 7) is 4.86. The first-order valence-corrected chi connectivity index (χ1v) is 12.2. The Labute approximate surface area is 218 Å². The molecule has 0 saturated heterocycles. The van der Waals surface area contributed by atoms with Gasteiger partial charge in [0.05, 0.1) is 29.6 Å². The molecular formula is C28H26ClFN4O3. The lowest BCUT2D eigenvalue weighted by atomic mass is 10.0. The average Bonchev–Trinajstić information content (AvgIpc) is 3.29. The standard InChI is InChI=1S/C28H26ClFN4O3/c1-15-9-21(16(2)31-24-8-6-19(29)12-22(24)27(36)37-4)25-23(10-15)26(35)33(3)28(32-25)34-13-17-5-7-20(30)11-18(17)14-34/h5-12,16,31H,13-14H2,1-4H3. The van der Waals surface area contributed by atoms with Crippen LogP contribution in [-0.4, -0.2) is 22.6 Å². The van der Waals surface area contributed by atoms with Gasteiger partial charge in [0, 0.05) is 36.4 Å². The van der Waals surface area contributed by atoms with Crippen molar-refractivity contribution in [3.8, 4) is 0 Å². The number of aryl methyl sites for hydroxylation is 1. The Morgan fingerprint density at radius 3 is 2.65 bits per heavy atom. The van der Waals surface area contributed by atoms with Crippen LogP contribution in [-0.2, 0) is 24.9 Å². The molecule has 0 aliphatic carbocycles. The van der Waals surface area contributed by atoms with Gasteiger partial charge in [0.15, 0.2) is 0 Å². The Kier molecular flexibility index (Phi) is 6.37. The molecule has 1 N–H and O–H groups in total. The zero-order valence-corrected chi connectivity index (χ0v) is 21.7. The maximum absolute atomic E-state index is 13.8. The summed E-state index contributed by atoms with van der Waals surface area (Å²) >= 11 is 6.12. The first kappa shape index (κ1) is 24.8. The number of hydrogen-bond donors (Lipinski definition) is 1. The average molecular weight is 521 g/mol. The third kappa shape index (κ3) is 4.53. The van der Waals surface area contributed by atoms with Crippen LogP contribution in [0.2, 0.25) is 5.02 Å². The predicted octanol–water partition coefficient (Wildman–Crippen LogP) is 5.51. The van der Waals surface area contributed by atoms with Crippen LogP contribution in [0, 0.1) is 12.7 Å². The van der Waals surface area contributed by atoms with Crippen LogP contribution in [0.4, 0.5) is 16.0 Å². The molecule has 2 heterocycles. The second-order valence-corrected chi connectivity index (χ2v) is 9.78. The van der Waals surface area contributed by atoms with Gasteiger partial charge in [0.1, 0.15) is 5.82 Å². The lowest BCUT2D eigenvalue weighted by Crippen LogP contribution is -2.28. The van der Waals surface area contributed by atoms with Crippen LogP contribution in [0.5, 0.6) is 0 Å². The normalized spacial score (nSPS) is 13.5. The summed E-state index contributed by atoms with van der Waals surface area (Å²) in [4.78, 5) is 32.8. The zero-order valence-electron chi connectivity index (χ0n) is 20.9. The maximum Gasteiger partial charge on any atom is 0.340 e. The Morgan fingerprint density at radius 1 is 1.14 bits per heavy atom. The van der Waals surface area contributed by atoms with Crippen molar-refractivity contribution in [2.24, 2.45) is 7.05 Å². The number of benzene rings is 3. The number of carbonyl (C=O) groups excluding carboxylic acids is 1. The molecule has 5 rings (SSSR count). The highest BCUT2D eigenvalue weighted by atomic mass is 35.5. The van der Waals surface area contributed by atoms with Gasteiger partial charge >= 0.3 is 5.97 Å². The van der Waals surface area contributed by atoms with Crippen molar-refractivity contribution in [3.63, 3.8) is 0 Å². The van der Waals surface area contributed by atoms with E-state index in [4.69, 9.17) is 21.3 Å². The Morgan fingerprint density at radius 2 is 1.89 bits per heavy atom. The van der Waals surface area contributed by atoms with Gasteiger partial charge in [-0.05, 0) is 66.9 Å². The minimum Gasteiger partial charge on any atom is -0.465 e. The number of carbonyl (C=O) groups is 1. The summed E-state index contributed by atoms with van der Waals surface area (Å²) in [5.74, 6) is -0.286. The fourth-order valence-corrected chi connectivity index (χ4v) is 5.06. The maximum atomic E-state index is 13.8. The summed E-state index contributed by atoms with van der Waals surface area (Å²) < 4.78 is 20.3. The number of nitrogens with one attached hydrogen (secondary N) is 1. The molecule has 1 atom stereocenters. The molecule has 7 nitrogen and oxygen atoms in total. The third-order valence-corrected chi connectivity index (χ3v) is 6.96. The smallest absolute Gasteiger partial charge is 0.340 e. The van der Waals surface area contributed by atoms with Gasteiger partial charge in [-0.1, -0.05) is 23.7 Å². The van der Waals surface area contributed by atoms with Gasteiger partial charge in [-0.2, -0.15) is 0 Å². The van der Waals surface area contributed by atoms with Crippen molar-refractivity contribution in [1.82, 2.24) is 9.55 Å². The van der Waals surface area contributed by atoms with Crippen LogP contribution < -0.4 is 15.8 Å². The van der Waals surface area contributed by atoms with E-state index < -0.39 is 5.97 Å². The van der Waals surface area contributed by atoms with Crippen LogP contribution in [0.1, 0.15) is 45.6 Å². The van der Waals surface area contributed by atoms with Crippen molar-refractivity contribution >= 4 is 40.1 Å².